The van der Waals surface area contributed by atoms with Crippen molar-refractivity contribution in [2.75, 3.05) is 31.6 Å². The first-order chi connectivity index (χ1) is 9.60. The third kappa shape index (κ3) is 3.69. The Morgan fingerprint density at radius 3 is 3.05 bits per heavy atom. The van der Waals surface area contributed by atoms with Crippen molar-refractivity contribution in [1.29, 1.82) is 5.26 Å². The molecule has 0 bridgehead atoms. The van der Waals surface area contributed by atoms with Crippen LogP contribution in [-0.4, -0.2) is 43.3 Å². The summed E-state index contributed by atoms with van der Waals surface area (Å²) in [7, 11) is 0. The molecule has 1 aromatic carbocycles. The van der Waals surface area contributed by atoms with E-state index in [0.29, 0.717) is 23.8 Å². The standard InChI is InChI=1S/C15H20FN3O/c1-11(2)19-5-6-20-14(10-19)9-18-15-4-3-13(16)7-12(15)8-17/h3-4,7,11,14,18H,5-6,9-10H2,1-2H3. The van der Waals surface area contributed by atoms with Crippen LogP contribution in [0.2, 0.25) is 0 Å². The Morgan fingerprint density at radius 1 is 1.55 bits per heavy atom. The lowest BCUT2D eigenvalue weighted by molar-refractivity contribution is -0.0315. The Bertz CT molecular complexity index is 498. The van der Waals surface area contributed by atoms with Crippen LogP contribution in [0.15, 0.2) is 18.2 Å². The van der Waals surface area contributed by atoms with E-state index in [1.54, 1.807) is 6.07 Å². The van der Waals surface area contributed by atoms with E-state index >= 15 is 0 Å². The van der Waals surface area contributed by atoms with Crippen molar-refractivity contribution in [2.45, 2.75) is 26.0 Å². The Kier molecular flexibility index (Phi) is 4.94. The maximum Gasteiger partial charge on any atom is 0.124 e. The second kappa shape index (κ2) is 6.69. The van der Waals surface area contributed by atoms with Gasteiger partial charge in [0.1, 0.15) is 11.9 Å². The molecule has 1 heterocycles. The SMILES string of the molecule is CC(C)N1CCOC(CNc2ccc(F)cc2C#N)C1. The molecule has 20 heavy (non-hydrogen) atoms. The van der Waals surface area contributed by atoms with Gasteiger partial charge in [-0.05, 0) is 32.0 Å². The highest BCUT2D eigenvalue weighted by Gasteiger charge is 2.22. The molecule has 108 valence electrons. The smallest absolute Gasteiger partial charge is 0.124 e. The van der Waals surface area contributed by atoms with Crippen LogP contribution in [-0.2, 0) is 4.74 Å². The summed E-state index contributed by atoms with van der Waals surface area (Å²) in [5.74, 6) is -0.396. The van der Waals surface area contributed by atoms with Gasteiger partial charge < -0.3 is 10.1 Å². The van der Waals surface area contributed by atoms with Crippen LogP contribution in [0, 0.1) is 17.1 Å². The molecule has 0 radical (unpaired) electrons. The summed E-state index contributed by atoms with van der Waals surface area (Å²) in [4.78, 5) is 2.37. The number of ether oxygens (including phenoxy) is 1. The minimum Gasteiger partial charge on any atom is -0.381 e. The first kappa shape index (κ1) is 14.8. The zero-order valence-electron chi connectivity index (χ0n) is 11.9. The number of hydrogen-bond donors (Lipinski definition) is 1. The number of benzene rings is 1. The molecule has 1 aromatic rings. The van der Waals surface area contributed by atoms with Crippen molar-refractivity contribution < 1.29 is 9.13 Å². The minimum absolute atomic E-state index is 0.0859. The maximum absolute atomic E-state index is 13.1. The van der Waals surface area contributed by atoms with E-state index in [9.17, 15) is 4.39 Å². The van der Waals surface area contributed by atoms with Crippen molar-refractivity contribution >= 4 is 5.69 Å². The molecule has 1 unspecified atom stereocenters. The molecule has 0 spiro atoms. The fourth-order valence-corrected chi connectivity index (χ4v) is 2.32. The second-order valence-electron chi connectivity index (χ2n) is 5.26. The second-order valence-corrected chi connectivity index (χ2v) is 5.26. The lowest BCUT2D eigenvalue weighted by Gasteiger charge is -2.35. The number of anilines is 1. The normalized spacial score (nSPS) is 19.9. The van der Waals surface area contributed by atoms with Gasteiger partial charge in [0.15, 0.2) is 0 Å². The van der Waals surface area contributed by atoms with Crippen LogP contribution in [0.3, 0.4) is 0 Å². The Balaban J connectivity index is 1.94. The zero-order chi connectivity index (χ0) is 14.5. The first-order valence-corrected chi connectivity index (χ1v) is 6.89. The molecule has 4 nitrogen and oxygen atoms in total. The van der Waals surface area contributed by atoms with Crippen LogP contribution in [0.4, 0.5) is 10.1 Å². The number of halogens is 1. The van der Waals surface area contributed by atoms with Crippen LogP contribution in [0.5, 0.6) is 0 Å². The van der Waals surface area contributed by atoms with E-state index in [0.717, 1.165) is 19.7 Å². The van der Waals surface area contributed by atoms with E-state index in [1.807, 2.05) is 6.07 Å². The van der Waals surface area contributed by atoms with E-state index in [-0.39, 0.29) is 6.10 Å². The number of nitrogens with one attached hydrogen (secondary N) is 1. The topological polar surface area (TPSA) is 48.3 Å². The van der Waals surface area contributed by atoms with Crippen molar-refractivity contribution in [3.63, 3.8) is 0 Å². The Morgan fingerprint density at radius 2 is 2.35 bits per heavy atom. The predicted molar refractivity (Wildman–Crippen MR) is 76.1 cm³/mol. The lowest BCUT2D eigenvalue weighted by atomic mass is 10.1. The summed E-state index contributed by atoms with van der Waals surface area (Å²) in [5, 5.41) is 12.2. The fourth-order valence-electron chi connectivity index (χ4n) is 2.32. The molecule has 2 rings (SSSR count). The third-order valence-corrected chi connectivity index (χ3v) is 3.52. The predicted octanol–water partition coefficient (Wildman–Crippen LogP) is 2.22. The molecular weight excluding hydrogens is 257 g/mol. The zero-order valence-corrected chi connectivity index (χ0v) is 11.9. The number of rotatable bonds is 4. The van der Waals surface area contributed by atoms with Crippen molar-refractivity contribution in [3.05, 3.63) is 29.6 Å². The quantitative estimate of drug-likeness (QED) is 0.916. The number of nitriles is 1. The van der Waals surface area contributed by atoms with Gasteiger partial charge in [-0.3, -0.25) is 4.90 Å². The minimum atomic E-state index is -0.396. The van der Waals surface area contributed by atoms with Gasteiger partial charge in [0.2, 0.25) is 0 Å². The highest BCUT2D eigenvalue weighted by molar-refractivity contribution is 5.57. The monoisotopic (exact) mass is 277 g/mol. The van der Waals surface area contributed by atoms with Gasteiger partial charge in [0, 0.05) is 25.7 Å². The largest absolute Gasteiger partial charge is 0.381 e. The van der Waals surface area contributed by atoms with Crippen LogP contribution in [0.1, 0.15) is 19.4 Å². The highest BCUT2D eigenvalue weighted by atomic mass is 19.1. The van der Waals surface area contributed by atoms with Crippen molar-refractivity contribution in [1.82, 2.24) is 4.90 Å². The van der Waals surface area contributed by atoms with Crippen molar-refractivity contribution in [3.8, 4) is 6.07 Å². The molecule has 1 N–H and O–H groups in total. The molecule has 1 saturated heterocycles. The summed E-state index contributed by atoms with van der Waals surface area (Å²) in [5.41, 5.74) is 0.973. The lowest BCUT2D eigenvalue weighted by Crippen LogP contribution is -2.48. The Hall–Kier alpha value is -1.64. The third-order valence-electron chi connectivity index (χ3n) is 3.52. The van der Waals surface area contributed by atoms with Gasteiger partial charge >= 0.3 is 0 Å². The van der Waals surface area contributed by atoms with E-state index in [4.69, 9.17) is 10.00 Å². The van der Waals surface area contributed by atoms with E-state index < -0.39 is 5.82 Å². The first-order valence-electron chi connectivity index (χ1n) is 6.89. The van der Waals surface area contributed by atoms with Gasteiger partial charge in [-0.15, -0.1) is 0 Å². The summed E-state index contributed by atoms with van der Waals surface area (Å²) in [6, 6.07) is 6.69. The average molecular weight is 277 g/mol. The molecule has 1 fully saturated rings. The van der Waals surface area contributed by atoms with Crippen LogP contribution < -0.4 is 5.32 Å². The van der Waals surface area contributed by atoms with Crippen molar-refractivity contribution in [2.24, 2.45) is 0 Å². The van der Waals surface area contributed by atoms with E-state index in [2.05, 4.69) is 24.1 Å². The molecule has 1 aliphatic rings. The molecule has 0 aliphatic carbocycles. The summed E-state index contributed by atoms with van der Waals surface area (Å²) in [6.45, 7) is 7.50. The van der Waals surface area contributed by atoms with Crippen LogP contribution in [0.25, 0.3) is 0 Å². The van der Waals surface area contributed by atoms with Crippen LogP contribution >= 0.6 is 0 Å². The highest BCUT2D eigenvalue weighted by Crippen LogP contribution is 2.17. The summed E-state index contributed by atoms with van der Waals surface area (Å²) in [6.07, 6.45) is 0.0859. The molecule has 5 heteroatoms. The van der Waals surface area contributed by atoms with Gasteiger partial charge in [0.25, 0.3) is 0 Å². The molecule has 0 amide bonds. The Labute approximate surface area is 119 Å². The number of hydrogen-bond acceptors (Lipinski definition) is 4. The summed E-state index contributed by atoms with van der Waals surface area (Å²) < 4.78 is 18.8. The number of morpholine rings is 1. The number of nitrogens with zero attached hydrogens (tertiary/aromatic N) is 2. The summed E-state index contributed by atoms with van der Waals surface area (Å²) >= 11 is 0. The van der Waals surface area contributed by atoms with Gasteiger partial charge in [-0.1, -0.05) is 0 Å². The van der Waals surface area contributed by atoms with Gasteiger partial charge in [-0.2, -0.15) is 5.26 Å². The fraction of sp³-hybridized carbons (Fsp3) is 0.533. The van der Waals surface area contributed by atoms with Gasteiger partial charge in [-0.25, -0.2) is 4.39 Å². The van der Waals surface area contributed by atoms with Gasteiger partial charge in [0.05, 0.1) is 24.0 Å². The molecule has 0 aromatic heterocycles. The molecule has 1 atom stereocenters. The maximum atomic E-state index is 13.1. The molecule has 0 saturated carbocycles. The van der Waals surface area contributed by atoms with E-state index in [1.165, 1.54) is 12.1 Å². The average Bonchev–Trinajstić information content (AvgIpc) is 2.46. The molecular formula is C15H20FN3O. The molecule has 1 aliphatic heterocycles.